The number of pyridine rings is 2. The summed E-state index contributed by atoms with van der Waals surface area (Å²) in [6.45, 7) is 12.9. The van der Waals surface area contributed by atoms with Crippen molar-refractivity contribution in [1.82, 2.24) is 24.4 Å². The van der Waals surface area contributed by atoms with Crippen LogP contribution in [0.5, 0.6) is 0 Å². The van der Waals surface area contributed by atoms with Crippen molar-refractivity contribution in [2.75, 3.05) is 29.9 Å². The maximum Gasteiger partial charge on any atom is 0.262 e. The van der Waals surface area contributed by atoms with Gasteiger partial charge in [0.15, 0.2) is 5.78 Å². The SMILES string of the molecule is CC(=O)c1c(C)c2cnc(Nc3cnc(N4CCN(C(C)C)[C@@H](C)C4)cn3)cc2n(C2CCCC2)c1=O.[HH]. The highest BCUT2D eigenvalue weighted by molar-refractivity contribution is 6.00. The van der Waals surface area contributed by atoms with Crippen LogP contribution in [0.3, 0.4) is 0 Å². The minimum absolute atomic E-state index is 0. The van der Waals surface area contributed by atoms with Gasteiger partial charge in [-0.2, -0.15) is 0 Å². The van der Waals surface area contributed by atoms with E-state index in [0.29, 0.717) is 29.3 Å². The Bertz CT molecular complexity index is 1370. The highest BCUT2D eigenvalue weighted by Crippen LogP contribution is 2.33. The van der Waals surface area contributed by atoms with Gasteiger partial charge < -0.3 is 14.8 Å². The van der Waals surface area contributed by atoms with Crippen molar-refractivity contribution in [3.05, 3.63) is 46.1 Å². The molecule has 0 radical (unpaired) electrons. The van der Waals surface area contributed by atoms with E-state index in [9.17, 15) is 9.59 Å². The van der Waals surface area contributed by atoms with E-state index in [1.165, 1.54) is 6.92 Å². The molecule has 0 bridgehead atoms. The maximum atomic E-state index is 13.4. The molecule has 3 aromatic heterocycles. The van der Waals surface area contributed by atoms with Crippen molar-refractivity contribution in [3.8, 4) is 0 Å². The van der Waals surface area contributed by atoms with E-state index in [1.807, 2.05) is 17.6 Å². The third kappa shape index (κ3) is 4.84. The Morgan fingerprint density at radius 3 is 2.43 bits per heavy atom. The lowest BCUT2D eigenvalue weighted by atomic mass is 10.0. The number of aryl methyl sites for hydroxylation is 1. The molecule has 1 saturated carbocycles. The van der Waals surface area contributed by atoms with Crippen LogP contribution in [0.25, 0.3) is 10.9 Å². The summed E-state index contributed by atoms with van der Waals surface area (Å²) in [5, 5.41) is 4.09. The molecular weight excluding hydrogens is 466 g/mol. The molecule has 9 heteroatoms. The lowest BCUT2D eigenvalue weighted by Crippen LogP contribution is -2.54. The molecule has 0 aromatic carbocycles. The zero-order chi connectivity index (χ0) is 26.3. The van der Waals surface area contributed by atoms with Gasteiger partial charge in [0.2, 0.25) is 0 Å². The molecule has 5 rings (SSSR count). The number of nitrogens with one attached hydrogen (secondary N) is 1. The first-order valence-electron chi connectivity index (χ1n) is 13.4. The molecule has 1 aliphatic carbocycles. The normalized spacial score (nSPS) is 19.2. The summed E-state index contributed by atoms with van der Waals surface area (Å²) < 4.78 is 1.83. The monoisotopic (exact) mass is 505 g/mol. The Balaban J connectivity index is 0.00000336. The third-order valence-electron chi connectivity index (χ3n) is 7.96. The molecule has 9 nitrogen and oxygen atoms in total. The molecule has 1 atom stereocenters. The van der Waals surface area contributed by atoms with Gasteiger partial charge in [0.1, 0.15) is 17.5 Å². The van der Waals surface area contributed by atoms with Gasteiger partial charge >= 0.3 is 0 Å². The van der Waals surface area contributed by atoms with Crippen LogP contribution in [-0.2, 0) is 0 Å². The zero-order valence-corrected chi connectivity index (χ0v) is 22.5. The predicted octanol–water partition coefficient (Wildman–Crippen LogP) is 4.72. The summed E-state index contributed by atoms with van der Waals surface area (Å²) in [4.78, 5) is 44.4. The highest BCUT2D eigenvalue weighted by atomic mass is 16.1. The largest absolute Gasteiger partial charge is 0.352 e. The minimum atomic E-state index is -0.200. The summed E-state index contributed by atoms with van der Waals surface area (Å²) >= 11 is 0. The van der Waals surface area contributed by atoms with Gasteiger partial charge in [0.25, 0.3) is 5.56 Å². The number of carbonyl (C=O) groups is 1. The standard InChI is InChI=1S/C28H37N7O2.H2/c1-17(2)34-11-10-33(16-18(34)3)26-15-30-25(14-31-26)32-24-12-23-22(13-29-24)19(4)27(20(5)36)28(37)35(23)21-8-6-7-9-21;/h12-15,17-18,21H,6-11,16H2,1-5H3,(H,29,30,32);1H/t18-;/m0./s1. The number of hydrogen-bond acceptors (Lipinski definition) is 8. The number of hydrogen-bond donors (Lipinski definition) is 1. The fourth-order valence-electron chi connectivity index (χ4n) is 6.09. The number of Topliss-reactive ketones (excluding diaryl/α,β-unsaturated/α-hetero) is 1. The number of aromatic nitrogens is 4. The molecule has 0 amide bonds. The van der Waals surface area contributed by atoms with Gasteiger partial charge in [0, 0.05) is 56.8 Å². The van der Waals surface area contributed by atoms with E-state index in [1.54, 1.807) is 18.6 Å². The van der Waals surface area contributed by atoms with Crippen LogP contribution < -0.4 is 15.8 Å². The Labute approximate surface area is 219 Å². The van der Waals surface area contributed by atoms with Crippen LogP contribution in [0, 0.1) is 6.92 Å². The smallest absolute Gasteiger partial charge is 0.262 e. The van der Waals surface area contributed by atoms with Crippen molar-refractivity contribution < 1.29 is 6.22 Å². The number of piperazine rings is 1. The summed E-state index contributed by atoms with van der Waals surface area (Å²) in [5.41, 5.74) is 1.57. The molecule has 2 fully saturated rings. The fourth-order valence-corrected chi connectivity index (χ4v) is 6.09. The average molecular weight is 506 g/mol. The summed E-state index contributed by atoms with van der Waals surface area (Å²) in [6, 6.07) is 2.99. The van der Waals surface area contributed by atoms with Crippen molar-refractivity contribution >= 4 is 34.1 Å². The van der Waals surface area contributed by atoms with Crippen molar-refractivity contribution in [2.45, 2.75) is 78.4 Å². The van der Waals surface area contributed by atoms with Gasteiger partial charge in [0.05, 0.1) is 23.5 Å². The van der Waals surface area contributed by atoms with Gasteiger partial charge in [-0.25, -0.2) is 15.0 Å². The van der Waals surface area contributed by atoms with E-state index in [4.69, 9.17) is 0 Å². The van der Waals surface area contributed by atoms with E-state index >= 15 is 0 Å². The van der Waals surface area contributed by atoms with Crippen molar-refractivity contribution in [3.63, 3.8) is 0 Å². The second kappa shape index (κ2) is 10.2. The molecule has 1 saturated heterocycles. The summed E-state index contributed by atoms with van der Waals surface area (Å²) in [6.07, 6.45) is 9.35. The molecule has 1 N–H and O–H groups in total. The number of fused-ring (bicyclic) bond motifs is 1. The van der Waals surface area contributed by atoms with Crippen LogP contribution in [-0.4, -0.2) is 61.9 Å². The first-order valence-corrected chi connectivity index (χ1v) is 13.4. The van der Waals surface area contributed by atoms with Gasteiger partial charge in [-0.1, -0.05) is 12.8 Å². The predicted molar refractivity (Wildman–Crippen MR) is 149 cm³/mol. The lowest BCUT2D eigenvalue weighted by Gasteiger charge is -2.42. The van der Waals surface area contributed by atoms with Crippen LogP contribution >= 0.6 is 0 Å². The van der Waals surface area contributed by atoms with Crippen molar-refractivity contribution in [1.29, 1.82) is 0 Å². The average Bonchev–Trinajstić information content (AvgIpc) is 3.38. The van der Waals surface area contributed by atoms with Gasteiger partial charge in [-0.3, -0.25) is 14.5 Å². The lowest BCUT2D eigenvalue weighted by molar-refractivity contribution is 0.101. The van der Waals surface area contributed by atoms with Crippen LogP contribution in [0.15, 0.2) is 29.5 Å². The number of carbonyl (C=O) groups excluding carboxylic acids is 1. The first kappa shape index (κ1) is 25.3. The molecule has 3 aromatic rings. The number of rotatable bonds is 6. The first-order chi connectivity index (χ1) is 17.7. The highest BCUT2D eigenvalue weighted by Gasteiger charge is 2.27. The molecule has 1 aliphatic heterocycles. The quantitative estimate of drug-likeness (QED) is 0.481. The Morgan fingerprint density at radius 2 is 1.81 bits per heavy atom. The minimum Gasteiger partial charge on any atom is -0.352 e. The Morgan fingerprint density at radius 1 is 1.08 bits per heavy atom. The second-order valence-corrected chi connectivity index (χ2v) is 10.8. The summed E-state index contributed by atoms with van der Waals surface area (Å²) in [7, 11) is 0. The van der Waals surface area contributed by atoms with Gasteiger partial charge in [-0.15, -0.1) is 0 Å². The molecule has 0 unspecified atom stereocenters. The van der Waals surface area contributed by atoms with E-state index in [0.717, 1.165) is 62.0 Å². The second-order valence-electron chi connectivity index (χ2n) is 10.8. The number of nitrogens with zero attached hydrogens (tertiary/aromatic N) is 6. The molecular formula is C28H39N7O2. The van der Waals surface area contributed by atoms with E-state index < -0.39 is 0 Å². The zero-order valence-electron chi connectivity index (χ0n) is 22.5. The van der Waals surface area contributed by atoms with E-state index in [-0.39, 0.29) is 24.4 Å². The van der Waals surface area contributed by atoms with Crippen LogP contribution in [0.4, 0.5) is 17.5 Å². The maximum absolute atomic E-state index is 13.4. The van der Waals surface area contributed by atoms with E-state index in [2.05, 4.69) is 50.8 Å². The molecule has 198 valence electrons. The number of ketones is 1. The van der Waals surface area contributed by atoms with Crippen LogP contribution in [0.1, 0.15) is 76.8 Å². The Kier molecular flexibility index (Phi) is 6.98. The topological polar surface area (TPSA) is 96.2 Å². The summed E-state index contributed by atoms with van der Waals surface area (Å²) in [5.74, 6) is 1.86. The third-order valence-corrected chi connectivity index (χ3v) is 7.96. The molecule has 37 heavy (non-hydrogen) atoms. The molecule has 2 aliphatic rings. The Hall–Kier alpha value is -3.33. The molecule has 0 spiro atoms. The fraction of sp³-hybridized carbons (Fsp3) is 0.536. The van der Waals surface area contributed by atoms with Gasteiger partial charge in [-0.05, 0) is 53.0 Å². The molecule has 4 heterocycles. The van der Waals surface area contributed by atoms with Crippen molar-refractivity contribution in [2.24, 2.45) is 0 Å². The van der Waals surface area contributed by atoms with Crippen LogP contribution in [0.2, 0.25) is 0 Å². The number of anilines is 3.